The molecule has 0 saturated carbocycles. The molecule has 1 N–H and O–H groups in total. The Labute approximate surface area is 86.3 Å². The van der Waals surface area contributed by atoms with Gasteiger partial charge in [0.05, 0.1) is 5.37 Å². The molecule has 1 unspecified atom stereocenters. The first-order chi connectivity index (χ1) is 6.10. The zero-order chi connectivity index (χ0) is 10.3. The van der Waals surface area contributed by atoms with Gasteiger partial charge < -0.3 is 10.2 Å². The van der Waals surface area contributed by atoms with Gasteiger partial charge >= 0.3 is 0 Å². The molecular weight excluding hydrogens is 184 g/mol. The normalized spacial score (nSPS) is 13.0. The van der Waals surface area contributed by atoms with Gasteiger partial charge in [0, 0.05) is 13.0 Å². The summed E-state index contributed by atoms with van der Waals surface area (Å²) >= 11 is 4.08. The van der Waals surface area contributed by atoms with Crippen molar-refractivity contribution < 1.29 is 4.79 Å². The number of rotatable bonds is 6. The highest BCUT2D eigenvalue weighted by atomic mass is 32.1. The quantitative estimate of drug-likeness (QED) is 0.502. The standard InChI is InChI=1S/C9H20N2OS/c1-4-11(5-2)7-6-9(12)10-8(3)13/h8,13H,4-7H2,1-3H3,(H,10,12). The van der Waals surface area contributed by atoms with E-state index in [1.807, 2.05) is 6.92 Å². The van der Waals surface area contributed by atoms with E-state index in [0.717, 1.165) is 19.6 Å². The molecule has 0 aromatic rings. The zero-order valence-corrected chi connectivity index (χ0v) is 9.60. The van der Waals surface area contributed by atoms with E-state index in [-0.39, 0.29) is 11.3 Å². The lowest BCUT2D eigenvalue weighted by Crippen LogP contribution is -2.33. The monoisotopic (exact) mass is 204 g/mol. The molecule has 0 aliphatic carbocycles. The first-order valence-electron chi connectivity index (χ1n) is 4.79. The van der Waals surface area contributed by atoms with Gasteiger partial charge in [-0.05, 0) is 20.0 Å². The van der Waals surface area contributed by atoms with E-state index in [1.54, 1.807) is 0 Å². The van der Waals surface area contributed by atoms with Crippen molar-refractivity contribution in [3.8, 4) is 0 Å². The minimum Gasteiger partial charge on any atom is -0.345 e. The summed E-state index contributed by atoms with van der Waals surface area (Å²) in [6, 6.07) is 0. The summed E-state index contributed by atoms with van der Waals surface area (Å²) < 4.78 is 0. The molecule has 1 amide bonds. The summed E-state index contributed by atoms with van der Waals surface area (Å²) in [7, 11) is 0. The molecule has 0 bridgehead atoms. The first kappa shape index (κ1) is 12.8. The number of hydrogen-bond donors (Lipinski definition) is 2. The maximum absolute atomic E-state index is 11.2. The summed E-state index contributed by atoms with van der Waals surface area (Å²) in [5, 5.41) is 2.69. The van der Waals surface area contributed by atoms with Crippen LogP contribution in [0.1, 0.15) is 27.2 Å². The summed E-state index contributed by atoms with van der Waals surface area (Å²) in [5.74, 6) is 0.0781. The first-order valence-corrected chi connectivity index (χ1v) is 5.31. The van der Waals surface area contributed by atoms with Crippen molar-refractivity contribution in [2.75, 3.05) is 19.6 Å². The lowest BCUT2D eigenvalue weighted by atomic mass is 10.3. The Balaban J connectivity index is 3.56. The molecule has 0 rings (SSSR count). The molecule has 78 valence electrons. The van der Waals surface area contributed by atoms with E-state index >= 15 is 0 Å². The average molecular weight is 204 g/mol. The molecule has 13 heavy (non-hydrogen) atoms. The SMILES string of the molecule is CCN(CC)CCC(=O)NC(C)S. The molecule has 0 radical (unpaired) electrons. The van der Waals surface area contributed by atoms with Crippen LogP contribution in [-0.2, 0) is 4.79 Å². The fourth-order valence-electron chi connectivity index (χ4n) is 1.10. The van der Waals surface area contributed by atoms with E-state index in [9.17, 15) is 4.79 Å². The minimum absolute atomic E-state index is 0.0517. The van der Waals surface area contributed by atoms with Gasteiger partial charge in [-0.2, -0.15) is 12.6 Å². The van der Waals surface area contributed by atoms with Crippen LogP contribution in [0.3, 0.4) is 0 Å². The molecule has 0 saturated heterocycles. The lowest BCUT2D eigenvalue weighted by molar-refractivity contribution is -0.121. The van der Waals surface area contributed by atoms with Gasteiger partial charge in [-0.1, -0.05) is 13.8 Å². The summed E-state index contributed by atoms with van der Waals surface area (Å²) in [6.07, 6.45) is 0.562. The van der Waals surface area contributed by atoms with Gasteiger partial charge in [0.25, 0.3) is 0 Å². The zero-order valence-electron chi connectivity index (χ0n) is 8.71. The van der Waals surface area contributed by atoms with Gasteiger partial charge in [-0.25, -0.2) is 0 Å². The van der Waals surface area contributed by atoms with Crippen molar-refractivity contribution in [1.29, 1.82) is 0 Å². The second kappa shape index (κ2) is 7.21. The fraction of sp³-hybridized carbons (Fsp3) is 0.889. The van der Waals surface area contributed by atoms with Crippen LogP contribution in [0.2, 0.25) is 0 Å². The number of nitrogens with one attached hydrogen (secondary N) is 1. The fourth-order valence-corrected chi connectivity index (χ4v) is 1.25. The Kier molecular flexibility index (Phi) is 7.09. The van der Waals surface area contributed by atoms with Gasteiger partial charge in [-0.15, -0.1) is 0 Å². The topological polar surface area (TPSA) is 32.3 Å². The predicted molar refractivity (Wildman–Crippen MR) is 59.0 cm³/mol. The highest BCUT2D eigenvalue weighted by Crippen LogP contribution is 1.92. The minimum atomic E-state index is -0.0517. The number of thiol groups is 1. The Morgan fingerprint density at radius 1 is 1.46 bits per heavy atom. The molecule has 0 aromatic heterocycles. The highest BCUT2D eigenvalue weighted by molar-refractivity contribution is 7.80. The Bertz CT molecular complexity index is 147. The molecule has 0 aliphatic rings. The maximum Gasteiger partial charge on any atom is 0.222 e. The van der Waals surface area contributed by atoms with E-state index in [0.29, 0.717) is 6.42 Å². The van der Waals surface area contributed by atoms with Gasteiger partial charge in [0.2, 0.25) is 5.91 Å². The largest absolute Gasteiger partial charge is 0.345 e. The summed E-state index contributed by atoms with van der Waals surface area (Å²) in [6.45, 7) is 8.88. The molecule has 1 atom stereocenters. The third-order valence-electron chi connectivity index (χ3n) is 1.92. The van der Waals surface area contributed by atoms with Crippen LogP contribution in [0.5, 0.6) is 0 Å². The van der Waals surface area contributed by atoms with E-state index in [1.165, 1.54) is 0 Å². The second-order valence-electron chi connectivity index (χ2n) is 3.02. The molecule has 0 fully saturated rings. The number of hydrogen-bond acceptors (Lipinski definition) is 3. The van der Waals surface area contributed by atoms with Crippen molar-refractivity contribution in [2.24, 2.45) is 0 Å². The second-order valence-corrected chi connectivity index (χ2v) is 3.79. The molecule has 3 nitrogen and oxygen atoms in total. The van der Waals surface area contributed by atoms with E-state index in [2.05, 4.69) is 36.7 Å². The van der Waals surface area contributed by atoms with Gasteiger partial charge in [-0.3, -0.25) is 4.79 Å². The van der Waals surface area contributed by atoms with Crippen LogP contribution < -0.4 is 5.32 Å². The number of amides is 1. The van der Waals surface area contributed by atoms with Crippen molar-refractivity contribution in [2.45, 2.75) is 32.6 Å². The predicted octanol–water partition coefficient (Wildman–Crippen LogP) is 1.11. The van der Waals surface area contributed by atoms with Crippen LogP contribution >= 0.6 is 12.6 Å². The molecule has 4 heteroatoms. The van der Waals surface area contributed by atoms with Crippen LogP contribution in [0.25, 0.3) is 0 Å². The average Bonchev–Trinajstić information content (AvgIpc) is 2.05. The number of carbonyl (C=O) groups is 1. The van der Waals surface area contributed by atoms with Crippen molar-refractivity contribution in [3.05, 3.63) is 0 Å². The summed E-state index contributed by atoms with van der Waals surface area (Å²) in [5.41, 5.74) is 0. The smallest absolute Gasteiger partial charge is 0.222 e. The third-order valence-corrected chi connectivity index (χ3v) is 2.05. The summed E-state index contributed by atoms with van der Waals surface area (Å²) in [4.78, 5) is 13.4. The van der Waals surface area contributed by atoms with Gasteiger partial charge in [0.1, 0.15) is 0 Å². The van der Waals surface area contributed by atoms with Crippen molar-refractivity contribution in [3.63, 3.8) is 0 Å². The Morgan fingerprint density at radius 3 is 2.38 bits per heavy atom. The molecule has 0 aromatic carbocycles. The molecule has 0 aliphatic heterocycles. The van der Waals surface area contributed by atoms with Gasteiger partial charge in [0.15, 0.2) is 0 Å². The number of nitrogens with zero attached hydrogens (tertiary/aromatic N) is 1. The van der Waals surface area contributed by atoms with Crippen molar-refractivity contribution >= 4 is 18.5 Å². The molecule has 0 spiro atoms. The number of carbonyl (C=O) groups excluding carboxylic acids is 1. The van der Waals surface area contributed by atoms with Crippen molar-refractivity contribution in [1.82, 2.24) is 10.2 Å². The lowest BCUT2D eigenvalue weighted by Gasteiger charge is -2.17. The third kappa shape index (κ3) is 6.90. The Morgan fingerprint density at radius 2 is 2.00 bits per heavy atom. The maximum atomic E-state index is 11.2. The molecule has 0 heterocycles. The highest BCUT2D eigenvalue weighted by Gasteiger charge is 2.05. The molecular formula is C9H20N2OS. The van der Waals surface area contributed by atoms with Crippen LogP contribution in [-0.4, -0.2) is 35.8 Å². The van der Waals surface area contributed by atoms with Crippen LogP contribution in [0, 0.1) is 0 Å². The van der Waals surface area contributed by atoms with Crippen LogP contribution in [0.15, 0.2) is 0 Å². The Hall–Kier alpha value is -0.220. The van der Waals surface area contributed by atoms with Crippen LogP contribution in [0.4, 0.5) is 0 Å². The van der Waals surface area contributed by atoms with E-state index < -0.39 is 0 Å². The van der Waals surface area contributed by atoms with E-state index in [4.69, 9.17) is 0 Å².